The molecule has 0 aromatic carbocycles. The van der Waals surface area contributed by atoms with Crippen molar-refractivity contribution in [3.63, 3.8) is 0 Å². The summed E-state index contributed by atoms with van der Waals surface area (Å²) in [6.45, 7) is 6.82. The zero-order valence-electron chi connectivity index (χ0n) is 11.5. The van der Waals surface area contributed by atoms with Gasteiger partial charge in [-0.25, -0.2) is 0 Å². The topological polar surface area (TPSA) is 24.5 Å². The van der Waals surface area contributed by atoms with Gasteiger partial charge in [0.2, 0.25) is 0 Å². The molecule has 2 fully saturated rings. The van der Waals surface area contributed by atoms with Crippen molar-refractivity contribution in [3.8, 4) is 0 Å². The molecule has 1 aliphatic carbocycles. The number of hydrogen-bond donors (Lipinski definition) is 1. The summed E-state index contributed by atoms with van der Waals surface area (Å²) in [5.74, 6) is 0.906. The maximum atomic E-state index is 5.46. The average molecular weight is 240 g/mol. The quantitative estimate of drug-likeness (QED) is 0.735. The fourth-order valence-electron chi connectivity index (χ4n) is 3.15. The van der Waals surface area contributed by atoms with E-state index in [0.29, 0.717) is 6.04 Å². The predicted octanol–water partition coefficient (Wildman–Crippen LogP) is 1.88. The standard InChI is InChI=1S/C14H28N2O/c1-3-9-16(13-5-4-8-15-10-13)14(11-17-2)12-6-7-12/h12-15H,3-11H2,1-2H3. The highest BCUT2D eigenvalue weighted by molar-refractivity contribution is 4.92. The Hall–Kier alpha value is -0.120. The molecule has 100 valence electrons. The summed E-state index contributed by atoms with van der Waals surface area (Å²) in [6.07, 6.45) is 6.77. The fraction of sp³-hybridized carbons (Fsp3) is 1.00. The molecule has 0 spiro atoms. The molecule has 1 aliphatic heterocycles. The summed E-state index contributed by atoms with van der Waals surface area (Å²) in [4.78, 5) is 2.74. The van der Waals surface area contributed by atoms with Crippen molar-refractivity contribution in [3.05, 3.63) is 0 Å². The molecule has 3 nitrogen and oxygen atoms in total. The molecule has 0 aromatic rings. The van der Waals surface area contributed by atoms with E-state index in [0.717, 1.165) is 18.6 Å². The van der Waals surface area contributed by atoms with Gasteiger partial charge in [-0.15, -0.1) is 0 Å². The van der Waals surface area contributed by atoms with Gasteiger partial charge in [0.05, 0.1) is 6.61 Å². The lowest BCUT2D eigenvalue weighted by Gasteiger charge is -2.40. The van der Waals surface area contributed by atoms with E-state index in [1.165, 1.54) is 51.7 Å². The lowest BCUT2D eigenvalue weighted by Crippen LogP contribution is -2.52. The third-order valence-electron chi connectivity index (χ3n) is 4.15. The van der Waals surface area contributed by atoms with Crippen molar-refractivity contribution in [2.45, 2.75) is 51.1 Å². The molecule has 2 unspecified atom stereocenters. The first-order valence-electron chi connectivity index (χ1n) is 7.32. The molecule has 2 rings (SSSR count). The molecule has 17 heavy (non-hydrogen) atoms. The number of hydrogen-bond acceptors (Lipinski definition) is 3. The Bertz CT molecular complexity index is 212. The second-order valence-electron chi connectivity index (χ2n) is 5.60. The van der Waals surface area contributed by atoms with Gasteiger partial charge in [0, 0.05) is 25.7 Å². The summed E-state index contributed by atoms with van der Waals surface area (Å²) < 4.78 is 5.46. The number of piperidine rings is 1. The molecule has 1 saturated carbocycles. The fourth-order valence-corrected chi connectivity index (χ4v) is 3.15. The molecule has 1 N–H and O–H groups in total. The molecule has 0 amide bonds. The second-order valence-corrected chi connectivity index (χ2v) is 5.60. The van der Waals surface area contributed by atoms with Gasteiger partial charge in [0.15, 0.2) is 0 Å². The van der Waals surface area contributed by atoms with E-state index in [2.05, 4.69) is 17.1 Å². The molecular formula is C14H28N2O. The van der Waals surface area contributed by atoms with Crippen molar-refractivity contribution in [2.75, 3.05) is 33.4 Å². The Morgan fingerprint density at radius 3 is 2.71 bits per heavy atom. The highest BCUT2D eigenvalue weighted by Crippen LogP contribution is 2.36. The number of rotatable bonds is 7. The van der Waals surface area contributed by atoms with Crippen LogP contribution in [0.1, 0.15) is 39.0 Å². The molecular weight excluding hydrogens is 212 g/mol. The second kappa shape index (κ2) is 6.72. The molecule has 0 bridgehead atoms. The number of nitrogens with zero attached hydrogens (tertiary/aromatic N) is 1. The van der Waals surface area contributed by atoms with Crippen molar-refractivity contribution < 1.29 is 4.74 Å². The largest absolute Gasteiger partial charge is 0.383 e. The first-order valence-corrected chi connectivity index (χ1v) is 7.32. The van der Waals surface area contributed by atoms with Crippen LogP contribution < -0.4 is 5.32 Å². The molecule has 3 heteroatoms. The van der Waals surface area contributed by atoms with Crippen LogP contribution in [-0.2, 0) is 4.74 Å². The van der Waals surface area contributed by atoms with E-state index in [4.69, 9.17) is 4.74 Å². The van der Waals surface area contributed by atoms with E-state index >= 15 is 0 Å². The zero-order valence-corrected chi connectivity index (χ0v) is 11.5. The Kier molecular flexibility index (Phi) is 5.26. The van der Waals surface area contributed by atoms with E-state index in [-0.39, 0.29) is 0 Å². The lowest BCUT2D eigenvalue weighted by atomic mass is 10.0. The lowest BCUT2D eigenvalue weighted by molar-refractivity contribution is 0.0400. The normalized spacial score (nSPS) is 27.4. The van der Waals surface area contributed by atoms with Crippen LogP contribution in [-0.4, -0.2) is 50.3 Å². The van der Waals surface area contributed by atoms with E-state index in [1.807, 2.05) is 7.11 Å². The minimum atomic E-state index is 0.671. The third-order valence-corrected chi connectivity index (χ3v) is 4.15. The molecule has 1 heterocycles. The summed E-state index contributed by atoms with van der Waals surface area (Å²) in [6, 6.07) is 1.41. The number of methoxy groups -OCH3 is 1. The van der Waals surface area contributed by atoms with Gasteiger partial charge in [-0.05, 0) is 51.1 Å². The highest BCUT2D eigenvalue weighted by Gasteiger charge is 2.37. The summed E-state index contributed by atoms with van der Waals surface area (Å²) >= 11 is 0. The van der Waals surface area contributed by atoms with Crippen LogP contribution in [0.5, 0.6) is 0 Å². The average Bonchev–Trinajstić information content (AvgIpc) is 3.19. The minimum absolute atomic E-state index is 0.671. The van der Waals surface area contributed by atoms with Crippen LogP contribution in [0.25, 0.3) is 0 Å². The zero-order chi connectivity index (χ0) is 12.1. The Morgan fingerprint density at radius 1 is 1.35 bits per heavy atom. The Morgan fingerprint density at radius 2 is 2.18 bits per heavy atom. The maximum absolute atomic E-state index is 5.46. The highest BCUT2D eigenvalue weighted by atomic mass is 16.5. The third kappa shape index (κ3) is 3.67. The van der Waals surface area contributed by atoms with E-state index < -0.39 is 0 Å². The van der Waals surface area contributed by atoms with Gasteiger partial charge in [0.25, 0.3) is 0 Å². The van der Waals surface area contributed by atoms with Gasteiger partial charge in [-0.1, -0.05) is 6.92 Å². The molecule has 0 radical (unpaired) electrons. The summed E-state index contributed by atoms with van der Waals surface area (Å²) in [5.41, 5.74) is 0. The van der Waals surface area contributed by atoms with Crippen LogP contribution in [0.2, 0.25) is 0 Å². The Balaban J connectivity index is 1.96. The number of ether oxygens (including phenoxy) is 1. The molecule has 2 atom stereocenters. The molecule has 0 aromatic heterocycles. The van der Waals surface area contributed by atoms with E-state index in [9.17, 15) is 0 Å². The van der Waals surface area contributed by atoms with Crippen LogP contribution in [0, 0.1) is 5.92 Å². The van der Waals surface area contributed by atoms with Crippen LogP contribution in [0.4, 0.5) is 0 Å². The van der Waals surface area contributed by atoms with Gasteiger partial charge in [0.1, 0.15) is 0 Å². The smallest absolute Gasteiger partial charge is 0.0620 e. The van der Waals surface area contributed by atoms with Gasteiger partial charge < -0.3 is 10.1 Å². The monoisotopic (exact) mass is 240 g/mol. The number of nitrogens with one attached hydrogen (secondary N) is 1. The summed E-state index contributed by atoms with van der Waals surface area (Å²) in [5, 5.41) is 3.55. The van der Waals surface area contributed by atoms with Gasteiger partial charge in [-0.2, -0.15) is 0 Å². The predicted molar refractivity (Wildman–Crippen MR) is 71.3 cm³/mol. The minimum Gasteiger partial charge on any atom is -0.383 e. The van der Waals surface area contributed by atoms with Gasteiger partial charge in [-0.3, -0.25) is 4.90 Å². The molecule has 2 aliphatic rings. The SMILES string of the molecule is CCCN(C1CCCNC1)C(COC)C1CC1. The Labute approximate surface area is 106 Å². The summed E-state index contributed by atoms with van der Waals surface area (Å²) in [7, 11) is 1.85. The van der Waals surface area contributed by atoms with Crippen molar-refractivity contribution in [1.82, 2.24) is 10.2 Å². The van der Waals surface area contributed by atoms with E-state index in [1.54, 1.807) is 0 Å². The van der Waals surface area contributed by atoms with Crippen molar-refractivity contribution in [1.29, 1.82) is 0 Å². The van der Waals surface area contributed by atoms with Crippen LogP contribution >= 0.6 is 0 Å². The van der Waals surface area contributed by atoms with Gasteiger partial charge >= 0.3 is 0 Å². The van der Waals surface area contributed by atoms with Crippen LogP contribution in [0.3, 0.4) is 0 Å². The van der Waals surface area contributed by atoms with Crippen molar-refractivity contribution in [2.24, 2.45) is 5.92 Å². The van der Waals surface area contributed by atoms with Crippen molar-refractivity contribution >= 4 is 0 Å². The molecule has 1 saturated heterocycles. The van der Waals surface area contributed by atoms with Crippen LogP contribution in [0.15, 0.2) is 0 Å². The first-order chi connectivity index (χ1) is 8.36. The first kappa shape index (κ1) is 13.3. The maximum Gasteiger partial charge on any atom is 0.0620 e.